The maximum atomic E-state index is 14.5. The number of benzene rings is 2. The average molecular weight is 2160 g/mol. The molecule has 0 spiro atoms. The van der Waals surface area contributed by atoms with Crippen LogP contribution in [-0.4, -0.2) is 288 Å². The lowest BCUT2D eigenvalue weighted by Gasteiger charge is -2.44. The zero-order chi connectivity index (χ0) is 110. The fourth-order valence-corrected chi connectivity index (χ4v) is 24.9. The van der Waals surface area contributed by atoms with Gasteiger partial charge in [0, 0.05) is 122 Å². The number of hydroxylamine groups is 2. The third kappa shape index (κ3) is 30.2. The smallest absolute Gasteiger partial charge is 0.329 e. The van der Waals surface area contributed by atoms with E-state index in [0.29, 0.717) is 160 Å². The van der Waals surface area contributed by atoms with Crippen LogP contribution in [0.25, 0.3) is 0 Å². The van der Waals surface area contributed by atoms with E-state index in [1.54, 1.807) is 105 Å². The number of para-hydroxylation sites is 1. The molecule has 4 unspecified atom stereocenters. The number of halogens is 3. The Hall–Kier alpha value is -7.13. The molecule has 838 valence electrons. The number of aryl methyl sites for hydroxylation is 1. The van der Waals surface area contributed by atoms with Crippen molar-refractivity contribution < 1.29 is 136 Å². The van der Waals surface area contributed by atoms with E-state index in [1.165, 1.54) is 24.0 Å². The van der Waals surface area contributed by atoms with Crippen molar-refractivity contribution in [3.05, 3.63) is 116 Å². The van der Waals surface area contributed by atoms with Gasteiger partial charge in [-0.05, 0) is 276 Å². The van der Waals surface area contributed by atoms with Crippen LogP contribution in [0, 0.1) is 77.9 Å². The Kier molecular flexibility index (Phi) is 45.7. The van der Waals surface area contributed by atoms with Crippen molar-refractivity contribution in [3.8, 4) is 0 Å². The van der Waals surface area contributed by atoms with E-state index < -0.39 is 180 Å². The van der Waals surface area contributed by atoms with E-state index in [2.05, 4.69) is 6.08 Å². The molecule has 34 atom stereocenters. The molecule has 14 rings (SSSR count). The van der Waals surface area contributed by atoms with Crippen molar-refractivity contribution in [2.75, 3.05) is 65.9 Å². The second-order valence-corrected chi connectivity index (χ2v) is 46.3. The largest absolute Gasteiger partial charge is 0.460 e. The summed E-state index contributed by atoms with van der Waals surface area (Å²) in [4.78, 5) is 160. The highest BCUT2D eigenvalue weighted by Gasteiger charge is 2.57. The minimum Gasteiger partial charge on any atom is -0.460 e. The summed E-state index contributed by atoms with van der Waals surface area (Å²) in [6, 6.07) is 7.90. The van der Waals surface area contributed by atoms with Crippen LogP contribution in [0.1, 0.15) is 269 Å². The zero-order valence-electron chi connectivity index (χ0n) is 91.8. The number of carbonyl (C=O) groups excluding carboxylic acids is 10. The van der Waals surface area contributed by atoms with Crippen molar-refractivity contribution in [2.45, 2.75) is 404 Å². The van der Waals surface area contributed by atoms with Gasteiger partial charge in [-0.3, -0.25) is 48.0 Å². The van der Waals surface area contributed by atoms with Crippen LogP contribution in [0.15, 0.2) is 95.1 Å². The van der Waals surface area contributed by atoms with Crippen molar-refractivity contribution in [2.24, 2.45) is 71.0 Å². The van der Waals surface area contributed by atoms with Crippen LogP contribution in [0.2, 0.25) is 15.1 Å². The molecule has 2 amide bonds. The molecule has 0 aromatic heterocycles. The maximum Gasteiger partial charge on any atom is 0.329 e. The number of hydrogen-bond donors (Lipinski definition) is 6. The number of rotatable bonds is 14. The van der Waals surface area contributed by atoms with Crippen LogP contribution < -0.4 is 10.1 Å². The summed E-state index contributed by atoms with van der Waals surface area (Å²) >= 11 is 20.2. The van der Waals surface area contributed by atoms with E-state index in [9.17, 15) is 78.6 Å². The molecule has 8 bridgehead atoms. The highest BCUT2D eigenvalue weighted by molar-refractivity contribution is 6.40. The monoisotopic (exact) mass is 2160 g/mol. The number of methoxy groups -OCH3 is 6. The first kappa shape index (κ1) is 123. The third-order valence-electron chi connectivity index (χ3n) is 33.9. The predicted molar refractivity (Wildman–Crippen MR) is 567 cm³/mol. The summed E-state index contributed by atoms with van der Waals surface area (Å²) in [6.07, 6.45) is 9.62. The highest BCUT2D eigenvalue weighted by atomic mass is 35.5. The van der Waals surface area contributed by atoms with E-state index in [0.717, 1.165) is 22.4 Å². The molecular formula is C115H169Cl3N4O28. The summed E-state index contributed by atoms with van der Waals surface area (Å²) in [5.74, 6) is -17.2. The Morgan fingerprint density at radius 2 is 0.900 bits per heavy atom. The number of fused-ring (bicyclic) bond motifs is 33. The minimum absolute atomic E-state index is 0.0616. The summed E-state index contributed by atoms with van der Waals surface area (Å²) < 4.78 is 59.8. The van der Waals surface area contributed by atoms with Crippen molar-refractivity contribution in [1.29, 1.82) is 0 Å². The summed E-state index contributed by atoms with van der Waals surface area (Å²) in [5.41, 5.74) is 4.40. The van der Waals surface area contributed by atoms with Gasteiger partial charge in [0.05, 0.1) is 76.6 Å². The van der Waals surface area contributed by atoms with Crippen LogP contribution in [0.4, 0.5) is 11.4 Å². The second kappa shape index (κ2) is 55.7. The van der Waals surface area contributed by atoms with Gasteiger partial charge in [-0.25, -0.2) is 19.7 Å². The standard InChI is InChI=1S/C58H85ClN2O14.C57H84Cl2N2O14/c1-32-27-41(17-20-44(32)59)61-45-21-19-43(75-61)28-36(5)49(70-9)30-42-18-15-39(8)58(69,74-42)55(66)56(67)60-23-13-12-14-46(60)57(68)73-50(35(4)26-40-16-22-47(62)51(29-40)71-10)31-48(63)34(3)25-38(7)53(65)54(72-11)52(64)37(6)24-33(45)2;1-31-24-35(5)51(64)53(72-10)52(65)36(6)25-32(2)46(63)30-48(33(3)26-38-18-22-45(62)49(28-38)71-9)73-56(68)44-16-11-12-23-60(44)55(67)54(66)57(69)37(7)17-19-39(74-57)29-47(70-8)34(4)27-40-20-21-43(31)61(75-40)50-41(58)14-13-15-42(50)59/h17,19-21,25,27-28,33-35,37,39-40,42-43,45-47,49-51,53-54,62,65,69H,12-16,18,22-24,26,29-31H2,1-11H3;13-15,25,27,31-33,35,37-40,43-45,47-49,52-53,62,65,69H,11-12,16-24,26,28-30H2,1-10H3/b36-28?,38-25+;34-27?,36-25+/t33-,34+,35+,37+,39+,40-,42-,43?,45?,46-,47+,49-,50-,51+,53+,54-,58+;31-,32+,33+,35+,37+,38-,39-,40?,43?,44-,45+,47-,48-,49+,52+,53-,57+/m00/s1. The molecule has 10 heterocycles. The molecule has 12 aliphatic rings. The topological polar surface area (TPSA) is 416 Å². The Labute approximate surface area is 901 Å². The number of amides is 2. The number of aliphatic hydroxyl groups is 6. The molecule has 2 aromatic carbocycles. The fourth-order valence-electron chi connectivity index (χ4n) is 24.2. The first-order valence-corrected chi connectivity index (χ1v) is 55.6. The molecule has 5 saturated heterocycles. The average Bonchev–Trinajstić information content (AvgIpc) is 0.780. The number of allylic oxidation sites excluding steroid dienone is 2. The van der Waals surface area contributed by atoms with E-state index in [4.69, 9.17) is 91.8 Å². The highest BCUT2D eigenvalue weighted by Crippen LogP contribution is 2.47. The van der Waals surface area contributed by atoms with Crippen LogP contribution in [-0.2, 0) is 105 Å². The van der Waals surface area contributed by atoms with Crippen molar-refractivity contribution >= 4 is 105 Å². The molecule has 2 aliphatic carbocycles. The number of piperidine rings is 2. The minimum atomic E-state index is -2.49. The van der Waals surface area contributed by atoms with Gasteiger partial charge in [-0.2, -0.15) is 0 Å². The van der Waals surface area contributed by atoms with Crippen LogP contribution in [0.5, 0.6) is 0 Å². The maximum absolute atomic E-state index is 14.5. The number of aliphatic hydroxyl groups excluding tert-OH is 4. The third-order valence-corrected chi connectivity index (χ3v) is 34.9. The lowest BCUT2D eigenvalue weighted by Crippen LogP contribution is -2.61. The van der Waals surface area contributed by atoms with Gasteiger partial charge in [0.2, 0.25) is 11.6 Å². The SMILES string of the molecule is CO[C@H]1C[C@@H]2CC[C@@H](C)[C@@](O)(O2)C(=O)C(=O)N2CCCC[C@H]2C(=O)O[C@H]([C@H](C)C[C@@H]2CC[C@@H](O)[C@H](OC)C2)CC(=O)[C@H](C)/C=C(\C)[C@@H](O)[C@@H](OC)C(=O)[C@H](C)C[C@H](C)C2C=CC(C=C1C)ON2c1ccc(Cl)c(C)c1.CO[C@H]1C[C@@H]2CC[C@@H](C)[C@@](O)(O2)C(=O)C(=O)N2CCCC[C@H]2C(=O)O[C@H]([C@H](C)C[C@@H]2CC[C@@H](O)[C@H](OC)C2)CC(=O)[C@H](C)/C=C(\C)[C@@H](O)[C@@H](OC)C(=O)[C@H](C)C[C@H](C)C2CCC(C=C1C)ON2c1c(Cl)cccc1Cl. The first-order chi connectivity index (χ1) is 71.0. The van der Waals surface area contributed by atoms with Gasteiger partial charge in [0.15, 0.2) is 11.6 Å². The Balaban J connectivity index is 0.000000284. The van der Waals surface area contributed by atoms with Gasteiger partial charge < -0.3 is 87.8 Å². The Bertz CT molecular complexity index is 5090. The van der Waals surface area contributed by atoms with E-state index >= 15 is 0 Å². The quantitative estimate of drug-likeness (QED) is 0.0581. The lowest BCUT2D eigenvalue weighted by atomic mass is 9.78. The summed E-state index contributed by atoms with van der Waals surface area (Å²) in [7, 11) is 9.01. The van der Waals surface area contributed by atoms with E-state index in [-0.39, 0.29) is 135 Å². The number of Topliss-reactive ketones (excluding diaryl/α,β-unsaturated/α-hetero) is 6. The normalized spacial score (nSPS) is 38.0. The molecule has 32 nitrogen and oxygen atoms in total. The Morgan fingerprint density at radius 1 is 0.453 bits per heavy atom. The van der Waals surface area contributed by atoms with Crippen LogP contribution in [0.3, 0.4) is 0 Å². The number of carbonyl (C=O) groups is 10. The number of ether oxygens (including phenoxy) is 10. The molecule has 10 aliphatic heterocycles. The molecule has 35 heteroatoms. The number of hydrogen-bond acceptors (Lipinski definition) is 30. The predicted octanol–water partition coefficient (Wildman–Crippen LogP) is 16.1. The number of nitrogens with zero attached hydrogens (tertiary/aromatic N) is 4. The molecule has 2 saturated carbocycles. The lowest BCUT2D eigenvalue weighted by molar-refractivity contribution is -0.265. The number of ketones is 6. The number of esters is 2. The van der Waals surface area contributed by atoms with Crippen molar-refractivity contribution in [3.63, 3.8) is 0 Å². The fraction of sp³-hybridized carbons (Fsp3) is 0.722. The zero-order valence-corrected chi connectivity index (χ0v) is 94.1. The van der Waals surface area contributed by atoms with Gasteiger partial charge in [-0.1, -0.05) is 140 Å². The van der Waals surface area contributed by atoms with Crippen molar-refractivity contribution in [1.82, 2.24) is 9.80 Å². The number of anilines is 2. The van der Waals surface area contributed by atoms with E-state index in [1.807, 2.05) is 104 Å². The Morgan fingerprint density at radius 3 is 1.33 bits per heavy atom. The van der Waals surface area contributed by atoms with Gasteiger partial charge in [-0.15, -0.1) is 0 Å². The summed E-state index contributed by atoms with van der Waals surface area (Å²) in [5, 5.41) is 73.9. The van der Waals surface area contributed by atoms with Gasteiger partial charge in [0.25, 0.3) is 23.4 Å². The molecule has 2 aromatic rings. The second-order valence-electron chi connectivity index (χ2n) is 45.0. The molecular weight excluding hydrogens is 1990 g/mol. The molecule has 7 fully saturated rings. The van der Waals surface area contributed by atoms with Gasteiger partial charge >= 0.3 is 11.9 Å². The van der Waals surface area contributed by atoms with Gasteiger partial charge in [0.1, 0.15) is 78.2 Å². The molecule has 6 N–H and O–H groups in total. The van der Waals surface area contributed by atoms with Crippen LogP contribution >= 0.6 is 34.8 Å². The molecule has 150 heavy (non-hydrogen) atoms. The first-order valence-electron chi connectivity index (χ1n) is 54.5. The summed E-state index contributed by atoms with van der Waals surface area (Å²) in [6.45, 7) is 27.4. The molecule has 0 radical (unpaired) electrons.